The summed E-state index contributed by atoms with van der Waals surface area (Å²) < 4.78 is 4.92. The number of aromatic nitrogens is 1. The van der Waals surface area contributed by atoms with Crippen LogP contribution in [-0.4, -0.2) is 54.0 Å². The fraction of sp³-hybridized carbons (Fsp3) is 0.379. The van der Waals surface area contributed by atoms with E-state index in [0.29, 0.717) is 12.1 Å². The highest BCUT2D eigenvalue weighted by Crippen LogP contribution is 2.19. The molecular weight excluding hydrogens is 498 g/mol. The van der Waals surface area contributed by atoms with E-state index in [9.17, 15) is 19.2 Å². The molecule has 0 bridgehead atoms. The first-order chi connectivity index (χ1) is 18.8. The Morgan fingerprint density at radius 1 is 0.897 bits per heavy atom. The van der Waals surface area contributed by atoms with Gasteiger partial charge in [-0.2, -0.15) is 0 Å². The summed E-state index contributed by atoms with van der Waals surface area (Å²) in [5.41, 5.74) is 2.36. The number of hydrogen-bond acceptors (Lipinski definition) is 5. The van der Waals surface area contributed by atoms with Gasteiger partial charge in [0.25, 0.3) is 0 Å². The Morgan fingerprint density at radius 2 is 1.62 bits per heavy atom. The van der Waals surface area contributed by atoms with Gasteiger partial charge in [0.1, 0.15) is 12.1 Å². The Morgan fingerprint density at radius 3 is 2.33 bits per heavy atom. The minimum Gasteiger partial charge on any atom is -0.466 e. The van der Waals surface area contributed by atoms with Gasteiger partial charge in [0.15, 0.2) is 0 Å². The molecule has 0 radical (unpaired) electrons. The lowest BCUT2D eigenvalue weighted by Gasteiger charge is -2.24. The second-order valence-electron chi connectivity index (χ2n) is 9.62. The van der Waals surface area contributed by atoms with Crippen LogP contribution < -0.4 is 21.3 Å². The fourth-order valence-corrected chi connectivity index (χ4v) is 4.20. The maximum Gasteiger partial charge on any atom is 0.319 e. The standard InChI is InChI=1S/C29H37N5O5/c1-4-39-26(35)14-15-30-27(36)25(17-20-18-31-23-13-9-8-12-22(20)23)33-28(37)24(16-19(2)3)34-29(38)32-21-10-6-5-7-11-21/h5-13,18-19,24-25,31H,4,14-17H2,1-3H3,(H,30,36)(H,33,37)(H2,32,34,38)/t24-,25+/m0/s1. The minimum atomic E-state index is -0.937. The van der Waals surface area contributed by atoms with Crippen molar-refractivity contribution < 1.29 is 23.9 Å². The summed E-state index contributed by atoms with van der Waals surface area (Å²) in [6, 6.07) is 14.3. The summed E-state index contributed by atoms with van der Waals surface area (Å²) in [5, 5.41) is 12.0. The van der Waals surface area contributed by atoms with Crippen molar-refractivity contribution >= 4 is 40.4 Å². The van der Waals surface area contributed by atoms with Crippen molar-refractivity contribution in [1.82, 2.24) is 20.9 Å². The molecule has 2 aromatic carbocycles. The highest BCUT2D eigenvalue weighted by molar-refractivity contribution is 5.95. The Kier molecular flexibility index (Phi) is 10.9. The predicted octanol–water partition coefficient (Wildman–Crippen LogP) is 3.50. The number of ether oxygens (including phenoxy) is 1. The van der Waals surface area contributed by atoms with Crippen LogP contribution in [0.1, 0.15) is 39.2 Å². The molecule has 3 aromatic rings. The molecule has 5 N–H and O–H groups in total. The molecule has 0 saturated carbocycles. The third kappa shape index (κ3) is 9.17. The Bertz CT molecular complexity index is 1260. The van der Waals surface area contributed by atoms with Crippen LogP contribution in [0, 0.1) is 5.92 Å². The number of carbonyl (C=O) groups excluding carboxylic acids is 4. The molecule has 3 rings (SSSR count). The number of carbonyl (C=O) groups is 4. The fourth-order valence-electron chi connectivity index (χ4n) is 4.20. The summed E-state index contributed by atoms with van der Waals surface area (Å²) in [5.74, 6) is -1.23. The number of amides is 4. The molecule has 1 aromatic heterocycles. The maximum absolute atomic E-state index is 13.4. The first-order valence-corrected chi connectivity index (χ1v) is 13.2. The molecule has 0 saturated heterocycles. The van der Waals surface area contributed by atoms with Crippen LogP contribution in [0.5, 0.6) is 0 Å². The van der Waals surface area contributed by atoms with E-state index in [1.54, 1.807) is 31.2 Å². The van der Waals surface area contributed by atoms with E-state index >= 15 is 0 Å². The second-order valence-corrected chi connectivity index (χ2v) is 9.62. The van der Waals surface area contributed by atoms with Gasteiger partial charge >= 0.3 is 12.0 Å². The number of aromatic amines is 1. The van der Waals surface area contributed by atoms with Gasteiger partial charge in [-0.3, -0.25) is 14.4 Å². The molecule has 10 nitrogen and oxygen atoms in total. The molecule has 1 heterocycles. The zero-order chi connectivity index (χ0) is 28.2. The summed E-state index contributed by atoms with van der Waals surface area (Å²) in [4.78, 5) is 54.2. The Balaban J connectivity index is 1.74. The van der Waals surface area contributed by atoms with Gasteiger partial charge < -0.3 is 31.0 Å². The van der Waals surface area contributed by atoms with Crippen molar-refractivity contribution in [2.24, 2.45) is 5.92 Å². The van der Waals surface area contributed by atoms with Crippen molar-refractivity contribution in [2.75, 3.05) is 18.5 Å². The van der Waals surface area contributed by atoms with E-state index in [1.165, 1.54) is 0 Å². The number of hydrogen-bond donors (Lipinski definition) is 5. The number of H-pyrrole nitrogens is 1. The van der Waals surface area contributed by atoms with E-state index in [2.05, 4.69) is 26.3 Å². The predicted molar refractivity (Wildman–Crippen MR) is 150 cm³/mol. The highest BCUT2D eigenvalue weighted by atomic mass is 16.5. The van der Waals surface area contributed by atoms with E-state index in [0.717, 1.165) is 16.5 Å². The van der Waals surface area contributed by atoms with Gasteiger partial charge in [-0.15, -0.1) is 0 Å². The van der Waals surface area contributed by atoms with Crippen LogP contribution in [0.25, 0.3) is 10.9 Å². The Labute approximate surface area is 228 Å². The average molecular weight is 536 g/mol. The molecule has 0 spiro atoms. The van der Waals surface area contributed by atoms with Crippen molar-refractivity contribution in [3.05, 3.63) is 66.4 Å². The first-order valence-electron chi connectivity index (χ1n) is 13.2. The van der Waals surface area contributed by atoms with Crippen LogP contribution in [-0.2, 0) is 25.5 Å². The number of benzene rings is 2. The molecule has 10 heteroatoms. The lowest BCUT2D eigenvalue weighted by molar-refractivity contribution is -0.143. The lowest BCUT2D eigenvalue weighted by Crippen LogP contribution is -2.55. The Hall–Kier alpha value is -4.34. The molecular formula is C29H37N5O5. The monoisotopic (exact) mass is 535 g/mol. The second kappa shape index (κ2) is 14.6. The average Bonchev–Trinajstić information content (AvgIpc) is 3.31. The summed E-state index contributed by atoms with van der Waals surface area (Å²) in [6.07, 6.45) is 2.42. The quantitative estimate of drug-likeness (QED) is 0.213. The van der Waals surface area contributed by atoms with E-state index in [1.807, 2.05) is 50.4 Å². The van der Waals surface area contributed by atoms with Crippen LogP contribution in [0.15, 0.2) is 60.8 Å². The summed E-state index contributed by atoms with van der Waals surface area (Å²) in [6.45, 7) is 5.94. The third-order valence-corrected chi connectivity index (χ3v) is 6.03. The van der Waals surface area contributed by atoms with Gasteiger partial charge in [0, 0.05) is 35.8 Å². The minimum absolute atomic E-state index is 0.0184. The number of rotatable bonds is 13. The van der Waals surface area contributed by atoms with Crippen molar-refractivity contribution in [1.29, 1.82) is 0 Å². The normalized spacial score (nSPS) is 12.4. The lowest BCUT2D eigenvalue weighted by atomic mass is 10.0. The number of esters is 1. The van der Waals surface area contributed by atoms with Crippen LogP contribution in [0.3, 0.4) is 0 Å². The van der Waals surface area contributed by atoms with Crippen LogP contribution in [0.2, 0.25) is 0 Å². The summed E-state index contributed by atoms with van der Waals surface area (Å²) in [7, 11) is 0. The molecule has 0 fully saturated rings. The SMILES string of the molecule is CCOC(=O)CCNC(=O)[C@@H](Cc1c[nH]c2ccccc12)NC(=O)[C@H](CC(C)C)NC(=O)Nc1ccccc1. The molecule has 0 unspecified atom stereocenters. The third-order valence-electron chi connectivity index (χ3n) is 6.03. The largest absolute Gasteiger partial charge is 0.466 e. The highest BCUT2D eigenvalue weighted by Gasteiger charge is 2.28. The smallest absolute Gasteiger partial charge is 0.319 e. The van der Waals surface area contributed by atoms with Gasteiger partial charge in [-0.25, -0.2) is 4.79 Å². The number of fused-ring (bicyclic) bond motifs is 1. The zero-order valence-electron chi connectivity index (χ0n) is 22.6. The molecule has 0 aliphatic heterocycles. The molecule has 39 heavy (non-hydrogen) atoms. The zero-order valence-corrected chi connectivity index (χ0v) is 22.6. The summed E-state index contributed by atoms with van der Waals surface area (Å²) >= 11 is 0. The van der Waals surface area contributed by atoms with Gasteiger partial charge in [-0.05, 0) is 43.0 Å². The number of urea groups is 1. The number of nitrogens with one attached hydrogen (secondary N) is 5. The van der Waals surface area contributed by atoms with Crippen molar-refractivity contribution in [3.8, 4) is 0 Å². The maximum atomic E-state index is 13.4. The van der Waals surface area contributed by atoms with Crippen LogP contribution in [0.4, 0.5) is 10.5 Å². The molecule has 2 atom stereocenters. The number of anilines is 1. The van der Waals surface area contributed by atoms with E-state index in [-0.39, 0.29) is 31.9 Å². The molecule has 208 valence electrons. The topological polar surface area (TPSA) is 141 Å². The molecule has 4 amide bonds. The molecule has 0 aliphatic rings. The molecule has 0 aliphatic carbocycles. The van der Waals surface area contributed by atoms with Crippen molar-refractivity contribution in [2.45, 2.75) is 52.1 Å². The van der Waals surface area contributed by atoms with Gasteiger partial charge in [-0.1, -0.05) is 50.2 Å². The van der Waals surface area contributed by atoms with Crippen LogP contribution >= 0.6 is 0 Å². The van der Waals surface area contributed by atoms with E-state index < -0.39 is 35.9 Å². The van der Waals surface area contributed by atoms with Gasteiger partial charge in [0.05, 0.1) is 13.0 Å². The van der Waals surface area contributed by atoms with E-state index in [4.69, 9.17) is 4.74 Å². The first kappa shape index (κ1) is 29.2. The number of para-hydroxylation sites is 2. The van der Waals surface area contributed by atoms with Gasteiger partial charge in [0.2, 0.25) is 11.8 Å². The van der Waals surface area contributed by atoms with Crippen molar-refractivity contribution in [3.63, 3.8) is 0 Å².